The van der Waals surface area contributed by atoms with E-state index in [4.69, 9.17) is 10.2 Å². The SMILES string of the molecule is O.O=C([O-])CC(O)C(=O)O.[NH4+]. The fourth-order valence-electron chi connectivity index (χ4n) is 0.245. The highest BCUT2D eigenvalue weighted by atomic mass is 16.4. The lowest BCUT2D eigenvalue weighted by atomic mass is 10.3. The molecule has 0 spiro atoms. The van der Waals surface area contributed by atoms with Crippen molar-refractivity contribution in [2.75, 3.05) is 0 Å². The number of aliphatic hydroxyl groups excluding tert-OH is 1. The van der Waals surface area contributed by atoms with Crippen LogP contribution in [0.1, 0.15) is 6.42 Å². The van der Waals surface area contributed by atoms with Gasteiger partial charge in [-0.3, -0.25) is 0 Å². The van der Waals surface area contributed by atoms with Gasteiger partial charge in [-0.2, -0.15) is 0 Å². The second-order valence-electron chi connectivity index (χ2n) is 1.43. The van der Waals surface area contributed by atoms with Gasteiger partial charge in [0.1, 0.15) is 0 Å². The largest absolute Gasteiger partial charge is 0.550 e. The molecule has 0 aromatic rings. The number of rotatable bonds is 3. The molecule has 0 aliphatic rings. The van der Waals surface area contributed by atoms with E-state index in [-0.39, 0.29) is 11.6 Å². The Morgan fingerprint density at radius 1 is 1.45 bits per heavy atom. The van der Waals surface area contributed by atoms with Crippen molar-refractivity contribution in [3.05, 3.63) is 0 Å². The Labute approximate surface area is 62.2 Å². The summed E-state index contributed by atoms with van der Waals surface area (Å²) in [7, 11) is 0. The molecule has 0 rings (SSSR count). The average molecular weight is 169 g/mol. The fraction of sp³-hybridized carbons (Fsp3) is 0.500. The number of aliphatic carboxylic acids is 2. The average Bonchev–Trinajstić information content (AvgIpc) is 1.63. The van der Waals surface area contributed by atoms with Gasteiger partial charge >= 0.3 is 5.97 Å². The van der Waals surface area contributed by atoms with Crippen LogP contribution in [0.25, 0.3) is 0 Å². The molecule has 1 unspecified atom stereocenters. The van der Waals surface area contributed by atoms with E-state index in [1.807, 2.05) is 0 Å². The molecule has 7 heteroatoms. The van der Waals surface area contributed by atoms with Crippen molar-refractivity contribution in [1.29, 1.82) is 0 Å². The summed E-state index contributed by atoms with van der Waals surface area (Å²) in [6.45, 7) is 0. The number of hydrogen-bond acceptors (Lipinski definition) is 4. The summed E-state index contributed by atoms with van der Waals surface area (Å²) in [4.78, 5) is 19.3. The van der Waals surface area contributed by atoms with Gasteiger partial charge in [-0.25, -0.2) is 4.79 Å². The Bertz CT molecular complexity index is 135. The smallest absolute Gasteiger partial charge is 0.332 e. The standard InChI is InChI=1S/C4H6O5.H3N.H2O/c5-2(4(8)9)1-3(6)7;;/h2,5H,1H2,(H,6,7)(H,8,9);1H3;1H2. The van der Waals surface area contributed by atoms with Gasteiger partial charge in [0.2, 0.25) is 0 Å². The second-order valence-corrected chi connectivity index (χ2v) is 1.43. The molecule has 0 aliphatic carbocycles. The van der Waals surface area contributed by atoms with E-state index in [1.165, 1.54) is 0 Å². The zero-order valence-corrected chi connectivity index (χ0v) is 5.90. The van der Waals surface area contributed by atoms with E-state index in [9.17, 15) is 14.7 Å². The summed E-state index contributed by atoms with van der Waals surface area (Å²) in [5.74, 6) is -3.14. The first-order valence-corrected chi connectivity index (χ1v) is 2.14. The minimum absolute atomic E-state index is 0. The number of carbonyl (C=O) groups excluding carboxylic acids is 1. The lowest BCUT2D eigenvalue weighted by Gasteiger charge is -2.03. The first-order valence-electron chi connectivity index (χ1n) is 2.14. The van der Waals surface area contributed by atoms with E-state index < -0.39 is 24.5 Å². The molecule has 11 heavy (non-hydrogen) atoms. The molecule has 0 amide bonds. The summed E-state index contributed by atoms with van der Waals surface area (Å²) in [6.07, 6.45) is -2.72. The third-order valence-electron chi connectivity index (χ3n) is 0.645. The third kappa shape index (κ3) is 8.82. The zero-order valence-electron chi connectivity index (χ0n) is 5.90. The summed E-state index contributed by atoms with van der Waals surface area (Å²) in [6, 6.07) is 0. The van der Waals surface area contributed by atoms with Crippen LogP contribution in [-0.4, -0.2) is 33.7 Å². The fourth-order valence-corrected chi connectivity index (χ4v) is 0.245. The van der Waals surface area contributed by atoms with Crippen LogP contribution in [0, 0.1) is 0 Å². The van der Waals surface area contributed by atoms with Gasteiger partial charge in [-0.1, -0.05) is 0 Å². The van der Waals surface area contributed by atoms with E-state index in [0.717, 1.165) is 0 Å². The van der Waals surface area contributed by atoms with Crippen LogP contribution in [0.15, 0.2) is 0 Å². The van der Waals surface area contributed by atoms with Crippen molar-refractivity contribution >= 4 is 11.9 Å². The summed E-state index contributed by atoms with van der Waals surface area (Å²) in [5, 5.41) is 25.7. The summed E-state index contributed by atoms with van der Waals surface area (Å²) >= 11 is 0. The van der Waals surface area contributed by atoms with Gasteiger partial charge in [-0.05, 0) is 0 Å². The van der Waals surface area contributed by atoms with Crippen molar-refractivity contribution in [2.45, 2.75) is 12.5 Å². The molecule has 8 N–H and O–H groups in total. The van der Waals surface area contributed by atoms with Crippen LogP contribution in [0.2, 0.25) is 0 Å². The Kier molecular flexibility index (Phi) is 10.4. The molecule has 0 radical (unpaired) electrons. The highest BCUT2D eigenvalue weighted by Crippen LogP contribution is 1.87. The van der Waals surface area contributed by atoms with Crippen LogP contribution >= 0.6 is 0 Å². The molecular weight excluding hydrogens is 158 g/mol. The monoisotopic (exact) mass is 169 g/mol. The topological polar surface area (TPSA) is 166 Å². The molecule has 0 aromatic heterocycles. The molecular formula is C4H11NO6. The molecule has 0 aromatic carbocycles. The van der Waals surface area contributed by atoms with Gasteiger partial charge in [-0.15, -0.1) is 0 Å². The Morgan fingerprint density at radius 3 is 1.91 bits per heavy atom. The van der Waals surface area contributed by atoms with Crippen molar-refractivity contribution in [3.63, 3.8) is 0 Å². The van der Waals surface area contributed by atoms with Gasteiger partial charge in [0, 0.05) is 12.4 Å². The maximum atomic E-state index is 9.69. The van der Waals surface area contributed by atoms with Crippen molar-refractivity contribution in [1.82, 2.24) is 6.15 Å². The molecule has 0 bridgehead atoms. The van der Waals surface area contributed by atoms with Crippen LogP contribution < -0.4 is 11.3 Å². The molecule has 68 valence electrons. The van der Waals surface area contributed by atoms with Crippen molar-refractivity contribution in [2.24, 2.45) is 0 Å². The molecule has 0 aliphatic heterocycles. The minimum atomic E-state index is -1.85. The first-order chi connectivity index (χ1) is 4.04. The van der Waals surface area contributed by atoms with Crippen molar-refractivity contribution < 1.29 is 30.4 Å². The summed E-state index contributed by atoms with van der Waals surface area (Å²) < 4.78 is 0. The van der Waals surface area contributed by atoms with E-state index in [1.54, 1.807) is 0 Å². The maximum Gasteiger partial charge on any atom is 0.332 e. The molecule has 0 saturated heterocycles. The molecule has 1 atom stereocenters. The lowest BCUT2D eigenvalue weighted by Crippen LogP contribution is -2.31. The highest BCUT2D eigenvalue weighted by Gasteiger charge is 2.11. The van der Waals surface area contributed by atoms with E-state index in [2.05, 4.69) is 0 Å². The minimum Gasteiger partial charge on any atom is -0.550 e. The van der Waals surface area contributed by atoms with E-state index >= 15 is 0 Å². The Hall–Kier alpha value is -1.18. The Morgan fingerprint density at radius 2 is 1.82 bits per heavy atom. The number of hydrogen-bond donors (Lipinski definition) is 3. The van der Waals surface area contributed by atoms with Gasteiger partial charge in [0.05, 0.1) is 0 Å². The molecule has 0 saturated carbocycles. The lowest BCUT2D eigenvalue weighted by molar-refractivity contribution is -0.307. The quantitative estimate of drug-likeness (QED) is 0.412. The summed E-state index contributed by atoms with van der Waals surface area (Å²) in [5.41, 5.74) is 0. The van der Waals surface area contributed by atoms with E-state index in [0.29, 0.717) is 0 Å². The number of carboxylic acid groups (broad SMARTS) is 2. The van der Waals surface area contributed by atoms with Gasteiger partial charge in [0.25, 0.3) is 0 Å². The maximum absolute atomic E-state index is 9.69. The van der Waals surface area contributed by atoms with Crippen LogP contribution in [0.5, 0.6) is 0 Å². The number of carbonyl (C=O) groups is 2. The van der Waals surface area contributed by atoms with Crippen LogP contribution in [-0.2, 0) is 9.59 Å². The van der Waals surface area contributed by atoms with Gasteiger partial charge < -0.3 is 31.7 Å². The predicted molar refractivity (Wildman–Crippen MR) is 32.9 cm³/mol. The highest BCUT2D eigenvalue weighted by molar-refractivity contribution is 5.78. The molecule has 7 nitrogen and oxygen atoms in total. The van der Waals surface area contributed by atoms with Crippen LogP contribution in [0.4, 0.5) is 0 Å². The van der Waals surface area contributed by atoms with Gasteiger partial charge in [0.15, 0.2) is 6.10 Å². The third-order valence-corrected chi connectivity index (χ3v) is 0.645. The molecule has 0 heterocycles. The number of quaternary nitrogens is 1. The van der Waals surface area contributed by atoms with Crippen molar-refractivity contribution in [3.8, 4) is 0 Å². The van der Waals surface area contributed by atoms with Crippen LogP contribution in [0.3, 0.4) is 0 Å². The Balaban J connectivity index is -0.000000320. The zero-order chi connectivity index (χ0) is 7.44. The number of carboxylic acids is 2. The predicted octanol–water partition coefficient (Wildman–Crippen LogP) is -2.88. The number of aliphatic hydroxyl groups is 1. The second kappa shape index (κ2) is 6.93. The normalized spacial score (nSPS) is 10.3. The first kappa shape index (κ1) is 16.4. The molecule has 0 fully saturated rings.